The van der Waals surface area contributed by atoms with E-state index in [1.807, 2.05) is 0 Å². The van der Waals surface area contributed by atoms with Crippen LogP contribution in [-0.2, 0) is 9.53 Å². The summed E-state index contributed by atoms with van der Waals surface area (Å²) in [5.74, 6) is -0.0127. The van der Waals surface area contributed by atoms with Gasteiger partial charge in [0.1, 0.15) is 0 Å². The Kier molecular flexibility index (Phi) is 1.31. The van der Waals surface area contributed by atoms with E-state index in [0.717, 1.165) is 25.7 Å². The van der Waals surface area contributed by atoms with Crippen LogP contribution in [0.25, 0.3) is 0 Å². The van der Waals surface area contributed by atoms with Crippen LogP contribution < -0.4 is 0 Å². The van der Waals surface area contributed by atoms with Crippen molar-refractivity contribution in [2.45, 2.75) is 25.7 Å². The van der Waals surface area contributed by atoms with E-state index in [9.17, 15) is 4.79 Å². The Morgan fingerprint density at radius 2 is 2.55 bits per heavy atom. The SMILES string of the molecule is COC(=O)C12CC=C(CC1)C2. The molecule has 1 fully saturated rings. The Morgan fingerprint density at radius 1 is 1.73 bits per heavy atom. The summed E-state index contributed by atoms with van der Waals surface area (Å²) in [5, 5.41) is 0. The Morgan fingerprint density at radius 3 is 2.91 bits per heavy atom. The van der Waals surface area contributed by atoms with Gasteiger partial charge < -0.3 is 4.74 Å². The van der Waals surface area contributed by atoms with Crippen molar-refractivity contribution >= 4 is 5.97 Å². The summed E-state index contributed by atoms with van der Waals surface area (Å²) >= 11 is 0. The van der Waals surface area contributed by atoms with E-state index in [1.165, 1.54) is 12.7 Å². The molecule has 2 bridgehead atoms. The van der Waals surface area contributed by atoms with Crippen molar-refractivity contribution in [1.82, 2.24) is 0 Å². The van der Waals surface area contributed by atoms with Gasteiger partial charge in [-0.3, -0.25) is 4.79 Å². The van der Waals surface area contributed by atoms with Gasteiger partial charge in [-0.15, -0.1) is 0 Å². The molecule has 2 heteroatoms. The van der Waals surface area contributed by atoms with Crippen LogP contribution in [0, 0.1) is 5.41 Å². The van der Waals surface area contributed by atoms with Crippen molar-refractivity contribution < 1.29 is 9.53 Å². The molecule has 0 aromatic heterocycles. The predicted octanol–water partition coefficient (Wildman–Crippen LogP) is 1.66. The van der Waals surface area contributed by atoms with E-state index in [0.29, 0.717) is 0 Å². The molecule has 0 N–H and O–H groups in total. The molecule has 11 heavy (non-hydrogen) atoms. The molecule has 0 aromatic rings. The number of esters is 1. The average molecular weight is 152 g/mol. The van der Waals surface area contributed by atoms with Crippen LogP contribution in [0.1, 0.15) is 25.7 Å². The molecule has 2 rings (SSSR count). The first-order valence-electron chi connectivity index (χ1n) is 4.03. The first kappa shape index (κ1) is 6.89. The summed E-state index contributed by atoms with van der Waals surface area (Å²) in [6, 6.07) is 0. The molecule has 1 atom stereocenters. The van der Waals surface area contributed by atoms with E-state index in [4.69, 9.17) is 4.74 Å². The van der Waals surface area contributed by atoms with E-state index >= 15 is 0 Å². The number of hydrogen-bond acceptors (Lipinski definition) is 2. The fourth-order valence-corrected chi connectivity index (χ4v) is 2.17. The lowest BCUT2D eigenvalue weighted by Gasteiger charge is -2.21. The van der Waals surface area contributed by atoms with E-state index in [1.54, 1.807) is 0 Å². The van der Waals surface area contributed by atoms with Crippen molar-refractivity contribution in [3.05, 3.63) is 11.6 Å². The molecule has 2 aliphatic rings. The fraction of sp³-hybridized carbons (Fsp3) is 0.667. The van der Waals surface area contributed by atoms with E-state index in [2.05, 4.69) is 6.08 Å². The number of hydrogen-bond donors (Lipinski definition) is 0. The number of fused-ring (bicyclic) bond motifs is 2. The Labute approximate surface area is 66.2 Å². The molecule has 1 unspecified atom stereocenters. The highest BCUT2D eigenvalue weighted by atomic mass is 16.5. The fourth-order valence-electron chi connectivity index (χ4n) is 2.17. The zero-order valence-corrected chi connectivity index (χ0v) is 6.72. The van der Waals surface area contributed by atoms with Crippen molar-refractivity contribution in [2.24, 2.45) is 5.41 Å². The Balaban J connectivity index is 2.20. The molecule has 0 saturated heterocycles. The molecule has 0 spiro atoms. The first-order chi connectivity index (χ1) is 5.27. The second-order valence-electron chi connectivity index (χ2n) is 3.52. The second-order valence-corrected chi connectivity index (χ2v) is 3.52. The number of carbonyl (C=O) groups excluding carboxylic acids is 1. The molecule has 1 saturated carbocycles. The minimum atomic E-state index is -0.135. The van der Waals surface area contributed by atoms with Crippen LogP contribution in [0.5, 0.6) is 0 Å². The van der Waals surface area contributed by atoms with Gasteiger partial charge in [0.2, 0.25) is 0 Å². The van der Waals surface area contributed by atoms with Crippen LogP contribution in [-0.4, -0.2) is 13.1 Å². The largest absolute Gasteiger partial charge is 0.469 e. The third-order valence-electron chi connectivity index (χ3n) is 2.89. The number of allylic oxidation sites excluding steroid dienone is 2. The van der Waals surface area contributed by atoms with Gasteiger partial charge in [-0.05, 0) is 25.7 Å². The summed E-state index contributed by atoms with van der Waals surface area (Å²) in [5.41, 5.74) is 1.32. The first-order valence-corrected chi connectivity index (χ1v) is 4.03. The Hall–Kier alpha value is -0.790. The average Bonchev–Trinajstić information content (AvgIpc) is 2.62. The molecular weight excluding hydrogens is 140 g/mol. The van der Waals surface area contributed by atoms with Crippen molar-refractivity contribution in [2.75, 3.05) is 7.11 Å². The lowest BCUT2D eigenvalue weighted by Crippen LogP contribution is -2.27. The molecule has 2 nitrogen and oxygen atoms in total. The number of ether oxygens (including phenoxy) is 1. The maximum Gasteiger partial charge on any atom is 0.312 e. The summed E-state index contributed by atoms with van der Waals surface area (Å²) in [6.45, 7) is 0. The van der Waals surface area contributed by atoms with Gasteiger partial charge in [0.15, 0.2) is 0 Å². The van der Waals surface area contributed by atoms with E-state index in [-0.39, 0.29) is 11.4 Å². The van der Waals surface area contributed by atoms with Crippen LogP contribution in [0.4, 0.5) is 0 Å². The van der Waals surface area contributed by atoms with Crippen molar-refractivity contribution in [1.29, 1.82) is 0 Å². The van der Waals surface area contributed by atoms with Gasteiger partial charge in [-0.1, -0.05) is 11.6 Å². The molecular formula is C9H12O2. The molecule has 0 aromatic carbocycles. The monoisotopic (exact) mass is 152 g/mol. The van der Waals surface area contributed by atoms with Crippen LogP contribution in [0.3, 0.4) is 0 Å². The van der Waals surface area contributed by atoms with Gasteiger partial charge in [-0.2, -0.15) is 0 Å². The number of methoxy groups -OCH3 is 1. The zero-order valence-electron chi connectivity index (χ0n) is 6.72. The smallest absolute Gasteiger partial charge is 0.312 e. The van der Waals surface area contributed by atoms with Gasteiger partial charge in [0.05, 0.1) is 12.5 Å². The topological polar surface area (TPSA) is 26.3 Å². The lowest BCUT2D eigenvalue weighted by molar-refractivity contribution is -0.151. The van der Waals surface area contributed by atoms with Crippen molar-refractivity contribution in [3.63, 3.8) is 0 Å². The van der Waals surface area contributed by atoms with Gasteiger partial charge in [-0.25, -0.2) is 0 Å². The molecule has 0 aliphatic heterocycles. The summed E-state index contributed by atoms with van der Waals surface area (Å²) in [7, 11) is 1.48. The minimum absolute atomic E-state index is 0.0127. The minimum Gasteiger partial charge on any atom is -0.469 e. The van der Waals surface area contributed by atoms with Crippen LogP contribution in [0.2, 0.25) is 0 Å². The number of carbonyl (C=O) groups is 1. The summed E-state index contributed by atoms with van der Waals surface area (Å²) < 4.78 is 4.78. The summed E-state index contributed by atoms with van der Waals surface area (Å²) in [4.78, 5) is 11.3. The van der Waals surface area contributed by atoms with Crippen LogP contribution in [0.15, 0.2) is 11.6 Å². The molecule has 0 heterocycles. The van der Waals surface area contributed by atoms with Gasteiger partial charge >= 0.3 is 5.97 Å². The standard InChI is InChI=1S/C9H12O2/c1-11-8(10)9-4-2-7(6-9)3-5-9/h2H,3-6H2,1H3. The summed E-state index contributed by atoms with van der Waals surface area (Å²) in [6.07, 6.45) is 6.18. The third kappa shape index (κ3) is 0.817. The molecule has 0 radical (unpaired) electrons. The quantitative estimate of drug-likeness (QED) is 0.422. The third-order valence-corrected chi connectivity index (χ3v) is 2.89. The van der Waals surface area contributed by atoms with Gasteiger partial charge in [0.25, 0.3) is 0 Å². The maximum atomic E-state index is 11.3. The van der Waals surface area contributed by atoms with Crippen LogP contribution >= 0.6 is 0 Å². The van der Waals surface area contributed by atoms with E-state index < -0.39 is 0 Å². The van der Waals surface area contributed by atoms with Gasteiger partial charge in [0, 0.05) is 0 Å². The lowest BCUT2D eigenvalue weighted by atomic mass is 9.85. The highest BCUT2D eigenvalue weighted by molar-refractivity contribution is 5.79. The van der Waals surface area contributed by atoms with Crippen molar-refractivity contribution in [3.8, 4) is 0 Å². The number of rotatable bonds is 1. The maximum absolute atomic E-state index is 11.3. The Bertz CT molecular complexity index is 230. The predicted molar refractivity (Wildman–Crippen MR) is 41.0 cm³/mol. The highest BCUT2D eigenvalue weighted by Crippen LogP contribution is 2.50. The molecule has 60 valence electrons. The second kappa shape index (κ2) is 2.10. The molecule has 2 aliphatic carbocycles. The normalized spacial score (nSPS) is 33.7. The molecule has 0 amide bonds. The highest BCUT2D eigenvalue weighted by Gasteiger charge is 2.46. The zero-order chi connectivity index (χ0) is 7.90.